The van der Waals surface area contributed by atoms with Gasteiger partial charge >= 0.3 is 0 Å². The lowest BCUT2D eigenvalue weighted by molar-refractivity contribution is 0.0952. The van der Waals surface area contributed by atoms with Gasteiger partial charge < -0.3 is 20.0 Å². The Kier molecular flexibility index (Phi) is 4.14. The molecule has 6 heteroatoms. The predicted molar refractivity (Wildman–Crippen MR) is 87.2 cm³/mol. The molecule has 23 heavy (non-hydrogen) atoms. The standard InChI is InChI=1S/C17H18N4O2/c1-11(12-6-4-3-5-7-12)23-14-10-13(16-19-8-9-20-16)21-15(14)17(22)18-2/h3-11,21H,1-2H3,(H,18,22)(H,19,20). The van der Waals surface area contributed by atoms with E-state index in [1.807, 2.05) is 37.3 Å². The third-order valence-corrected chi connectivity index (χ3v) is 3.56. The smallest absolute Gasteiger partial charge is 0.271 e. The molecule has 3 aromatic rings. The maximum absolute atomic E-state index is 12.1. The van der Waals surface area contributed by atoms with Crippen LogP contribution in [0.1, 0.15) is 29.1 Å². The van der Waals surface area contributed by atoms with Crippen molar-refractivity contribution in [3.8, 4) is 17.3 Å². The quantitative estimate of drug-likeness (QED) is 0.677. The number of aromatic nitrogens is 3. The van der Waals surface area contributed by atoms with E-state index < -0.39 is 0 Å². The van der Waals surface area contributed by atoms with E-state index in [-0.39, 0.29) is 12.0 Å². The number of imidazole rings is 1. The molecule has 2 heterocycles. The Morgan fingerprint density at radius 3 is 2.74 bits per heavy atom. The molecule has 1 amide bonds. The fourth-order valence-corrected chi connectivity index (χ4v) is 2.34. The lowest BCUT2D eigenvalue weighted by Crippen LogP contribution is -2.19. The van der Waals surface area contributed by atoms with Crippen molar-refractivity contribution < 1.29 is 9.53 Å². The third-order valence-electron chi connectivity index (χ3n) is 3.56. The van der Waals surface area contributed by atoms with Gasteiger partial charge in [-0.1, -0.05) is 30.3 Å². The number of hydrogen-bond acceptors (Lipinski definition) is 3. The van der Waals surface area contributed by atoms with Crippen LogP contribution in [0.15, 0.2) is 48.8 Å². The molecular formula is C17H18N4O2. The zero-order valence-electron chi connectivity index (χ0n) is 13.0. The summed E-state index contributed by atoms with van der Waals surface area (Å²) in [7, 11) is 1.58. The molecule has 0 saturated heterocycles. The first-order valence-electron chi connectivity index (χ1n) is 7.35. The van der Waals surface area contributed by atoms with Crippen molar-refractivity contribution in [1.82, 2.24) is 20.3 Å². The fourth-order valence-electron chi connectivity index (χ4n) is 2.34. The van der Waals surface area contributed by atoms with E-state index in [0.717, 1.165) is 5.56 Å². The number of ether oxygens (including phenoxy) is 1. The van der Waals surface area contributed by atoms with E-state index in [1.54, 1.807) is 25.5 Å². The van der Waals surface area contributed by atoms with Gasteiger partial charge in [-0.05, 0) is 12.5 Å². The molecule has 0 aliphatic carbocycles. The lowest BCUT2D eigenvalue weighted by atomic mass is 10.1. The number of benzene rings is 1. The van der Waals surface area contributed by atoms with Crippen molar-refractivity contribution in [3.63, 3.8) is 0 Å². The van der Waals surface area contributed by atoms with Gasteiger partial charge in [-0.15, -0.1) is 0 Å². The van der Waals surface area contributed by atoms with Crippen LogP contribution in [0, 0.1) is 0 Å². The number of carbonyl (C=O) groups excluding carboxylic acids is 1. The first kappa shape index (κ1) is 14.9. The summed E-state index contributed by atoms with van der Waals surface area (Å²) in [5, 5.41) is 2.61. The largest absolute Gasteiger partial charge is 0.484 e. The molecule has 0 bridgehead atoms. The van der Waals surface area contributed by atoms with Gasteiger partial charge in [0.25, 0.3) is 5.91 Å². The first-order chi connectivity index (χ1) is 11.2. The van der Waals surface area contributed by atoms with Crippen LogP contribution in [0.5, 0.6) is 5.75 Å². The highest BCUT2D eigenvalue weighted by Crippen LogP contribution is 2.29. The van der Waals surface area contributed by atoms with E-state index >= 15 is 0 Å². The van der Waals surface area contributed by atoms with E-state index in [4.69, 9.17) is 4.74 Å². The number of H-pyrrole nitrogens is 2. The molecule has 2 aromatic heterocycles. The van der Waals surface area contributed by atoms with Crippen LogP contribution in [0.25, 0.3) is 11.5 Å². The van der Waals surface area contributed by atoms with Gasteiger partial charge in [-0.2, -0.15) is 0 Å². The summed E-state index contributed by atoms with van der Waals surface area (Å²) in [6.45, 7) is 1.95. The Labute approximate surface area is 133 Å². The predicted octanol–water partition coefficient (Wildman–Crippen LogP) is 2.90. The van der Waals surface area contributed by atoms with E-state index in [9.17, 15) is 4.79 Å². The van der Waals surface area contributed by atoms with Gasteiger partial charge in [0, 0.05) is 25.5 Å². The van der Waals surface area contributed by atoms with Crippen LogP contribution in [0.4, 0.5) is 0 Å². The maximum atomic E-state index is 12.1. The van der Waals surface area contributed by atoms with Crippen LogP contribution < -0.4 is 10.1 Å². The second-order valence-electron chi connectivity index (χ2n) is 5.11. The zero-order valence-corrected chi connectivity index (χ0v) is 13.0. The SMILES string of the molecule is CNC(=O)c1[nH]c(-c2ncc[nH]2)cc1OC(C)c1ccccc1. The average Bonchev–Trinajstić information content (AvgIpc) is 3.24. The van der Waals surface area contributed by atoms with Crippen molar-refractivity contribution >= 4 is 5.91 Å². The van der Waals surface area contributed by atoms with Gasteiger partial charge in [-0.3, -0.25) is 4.79 Å². The Morgan fingerprint density at radius 2 is 2.09 bits per heavy atom. The summed E-state index contributed by atoms with van der Waals surface area (Å²) in [6.07, 6.45) is 3.20. The summed E-state index contributed by atoms with van der Waals surface area (Å²) < 4.78 is 6.00. The molecule has 0 aliphatic rings. The van der Waals surface area contributed by atoms with E-state index in [0.29, 0.717) is 23.0 Å². The minimum absolute atomic E-state index is 0.181. The number of aromatic amines is 2. The maximum Gasteiger partial charge on any atom is 0.271 e. The number of rotatable bonds is 5. The number of nitrogens with zero attached hydrogens (tertiary/aromatic N) is 1. The van der Waals surface area contributed by atoms with Crippen LogP contribution in [-0.2, 0) is 0 Å². The normalized spacial score (nSPS) is 11.9. The Hall–Kier alpha value is -3.02. The Balaban J connectivity index is 1.92. The van der Waals surface area contributed by atoms with Crippen molar-refractivity contribution in [2.45, 2.75) is 13.0 Å². The molecule has 1 aromatic carbocycles. The van der Waals surface area contributed by atoms with Gasteiger partial charge in [0.2, 0.25) is 0 Å². The van der Waals surface area contributed by atoms with Crippen LogP contribution in [-0.4, -0.2) is 27.9 Å². The lowest BCUT2D eigenvalue weighted by Gasteiger charge is -2.14. The second-order valence-corrected chi connectivity index (χ2v) is 5.11. The molecule has 1 unspecified atom stereocenters. The second kappa shape index (κ2) is 6.39. The first-order valence-corrected chi connectivity index (χ1v) is 7.35. The van der Waals surface area contributed by atoms with Crippen LogP contribution >= 0.6 is 0 Å². The van der Waals surface area contributed by atoms with E-state index in [2.05, 4.69) is 20.3 Å². The average molecular weight is 310 g/mol. The Bertz CT molecular complexity index is 778. The van der Waals surface area contributed by atoms with Crippen LogP contribution in [0.2, 0.25) is 0 Å². The van der Waals surface area contributed by atoms with Crippen molar-refractivity contribution in [2.24, 2.45) is 0 Å². The van der Waals surface area contributed by atoms with Gasteiger partial charge in [0.05, 0.1) is 5.69 Å². The minimum Gasteiger partial charge on any atom is -0.484 e. The number of hydrogen-bond donors (Lipinski definition) is 3. The number of nitrogens with one attached hydrogen (secondary N) is 3. The highest BCUT2D eigenvalue weighted by atomic mass is 16.5. The van der Waals surface area contributed by atoms with Crippen molar-refractivity contribution in [1.29, 1.82) is 0 Å². The summed E-state index contributed by atoms with van der Waals surface area (Å²) in [5.74, 6) is 0.905. The molecule has 0 saturated carbocycles. The van der Waals surface area contributed by atoms with Crippen molar-refractivity contribution in [3.05, 3.63) is 60.0 Å². The monoisotopic (exact) mass is 310 g/mol. The van der Waals surface area contributed by atoms with Gasteiger partial charge in [0.15, 0.2) is 11.6 Å². The summed E-state index contributed by atoms with van der Waals surface area (Å²) in [4.78, 5) is 22.3. The molecule has 1 atom stereocenters. The molecule has 6 nitrogen and oxygen atoms in total. The van der Waals surface area contributed by atoms with Crippen LogP contribution in [0.3, 0.4) is 0 Å². The molecular weight excluding hydrogens is 292 g/mol. The number of amides is 1. The van der Waals surface area contributed by atoms with E-state index in [1.165, 1.54) is 0 Å². The number of carbonyl (C=O) groups is 1. The highest BCUT2D eigenvalue weighted by Gasteiger charge is 2.19. The molecule has 0 spiro atoms. The zero-order chi connectivity index (χ0) is 16.2. The third kappa shape index (κ3) is 3.11. The summed E-state index contributed by atoms with van der Waals surface area (Å²) in [5.41, 5.74) is 2.11. The highest BCUT2D eigenvalue weighted by molar-refractivity contribution is 5.96. The molecule has 3 N–H and O–H groups in total. The molecule has 0 aliphatic heterocycles. The summed E-state index contributed by atoms with van der Waals surface area (Å²) >= 11 is 0. The molecule has 118 valence electrons. The molecule has 3 rings (SSSR count). The Morgan fingerprint density at radius 1 is 1.30 bits per heavy atom. The van der Waals surface area contributed by atoms with Crippen molar-refractivity contribution in [2.75, 3.05) is 7.05 Å². The molecule has 0 radical (unpaired) electrons. The molecule has 0 fully saturated rings. The van der Waals surface area contributed by atoms with Gasteiger partial charge in [0.1, 0.15) is 11.8 Å². The fraction of sp³-hybridized carbons (Fsp3) is 0.176. The van der Waals surface area contributed by atoms with Gasteiger partial charge in [-0.25, -0.2) is 4.98 Å². The summed E-state index contributed by atoms with van der Waals surface area (Å²) in [6, 6.07) is 11.6. The topological polar surface area (TPSA) is 82.8 Å². The minimum atomic E-state index is -0.238.